The van der Waals surface area contributed by atoms with Crippen molar-refractivity contribution in [2.45, 2.75) is 12.8 Å². The van der Waals surface area contributed by atoms with E-state index in [1.165, 1.54) is 0 Å². The largest absolute Gasteiger partial charge is 0.343 e. The van der Waals surface area contributed by atoms with Gasteiger partial charge in [0.2, 0.25) is 0 Å². The van der Waals surface area contributed by atoms with Gasteiger partial charge in [0.05, 0.1) is 0 Å². The van der Waals surface area contributed by atoms with E-state index in [1.54, 1.807) is 0 Å². The molecule has 0 aliphatic rings. The number of hydrogen-bond donors (Lipinski definition) is 0. The molecule has 40 valence electrons. The van der Waals surface area contributed by atoms with Gasteiger partial charge in [-0.15, -0.1) is 19.0 Å². The quantitative estimate of drug-likeness (QED) is 0.339. The molecule has 0 atom stereocenters. The van der Waals surface area contributed by atoms with Gasteiger partial charge >= 0.3 is 0 Å². The van der Waals surface area contributed by atoms with Crippen LogP contribution in [0.3, 0.4) is 0 Å². The van der Waals surface area contributed by atoms with E-state index in [0.717, 1.165) is 12.8 Å². The third kappa shape index (κ3) is 20.5. The number of hydrogen-bond acceptors (Lipinski definition) is 0. The molecule has 0 amide bonds. The Morgan fingerprint density at radius 2 is 2.00 bits per heavy atom. The zero-order chi connectivity index (χ0) is 4.12. The Morgan fingerprint density at radius 1 is 1.57 bits per heavy atom. The summed E-state index contributed by atoms with van der Waals surface area (Å²) in [5.41, 5.74) is 0. The van der Waals surface area contributed by atoms with Crippen LogP contribution in [0.2, 0.25) is 0 Å². The first-order valence-electron chi connectivity index (χ1n) is 1.82. The Labute approximate surface area is 64.5 Å². The van der Waals surface area contributed by atoms with Crippen molar-refractivity contribution in [2.75, 3.05) is 0 Å². The summed E-state index contributed by atoms with van der Waals surface area (Å²) < 4.78 is 0. The van der Waals surface area contributed by atoms with Crippen LogP contribution in [0.25, 0.3) is 0 Å². The van der Waals surface area contributed by atoms with Crippen LogP contribution in [0, 0.1) is 6.92 Å². The van der Waals surface area contributed by atoms with E-state index >= 15 is 0 Å². The van der Waals surface area contributed by atoms with Crippen molar-refractivity contribution in [3.05, 3.63) is 19.6 Å². The first-order valence-corrected chi connectivity index (χ1v) is 1.82. The third-order valence-corrected chi connectivity index (χ3v) is 0.408. The molecule has 7 heavy (non-hydrogen) atoms. The van der Waals surface area contributed by atoms with E-state index in [-0.39, 0.29) is 31.9 Å². The normalized spacial score (nSPS) is 5.29. The summed E-state index contributed by atoms with van der Waals surface area (Å²) in [5.74, 6) is 0. The molecule has 0 bridgehead atoms. The SMILES string of the molecule is C=CCC[CH2-].Cl.[Zn]. The molecule has 0 aromatic heterocycles. The summed E-state index contributed by atoms with van der Waals surface area (Å²) in [6.07, 6.45) is 3.89. The Hall–Kier alpha value is 0.653. The summed E-state index contributed by atoms with van der Waals surface area (Å²) in [7, 11) is 0. The van der Waals surface area contributed by atoms with E-state index in [4.69, 9.17) is 0 Å². The fraction of sp³-hybridized carbons (Fsp3) is 0.400. The summed E-state index contributed by atoms with van der Waals surface area (Å²) in [6, 6.07) is 0. The molecule has 0 nitrogen and oxygen atoms in total. The van der Waals surface area contributed by atoms with Crippen molar-refractivity contribution in [1.82, 2.24) is 0 Å². The number of allylic oxidation sites excluding steroid dienone is 1. The minimum Gasteiger partial charge on any atom is -0.343 e. The smallest absolute Gasteiger partial charge is 0 e. The molecule has 0 aliphatic carbocycles. The molecular weight excluding hydrogens is 161 g/mol. The van der Waals surface area contributed by atoms with Crippen LogP contribution in [-0.2, 0) is 19.5 Å². The fourth-order valence-corrected chi connectivity index (χ4v) is 0.144. The maximum absolute atomic E-state index is 3.60. The van der Waals surface area contributed by atoms with E-state index < -0.39 is 0 Å². The average molecular weight is 171 g/mol. The number of rotatable bonds is 2. The molecule has 0 radical (unpaired) electrons. The predicted octanol–water partition coefficient (Wildman–Crippen LogP) is 2.21. The predicted molar refractivity (Wildman–Crippen MR) is 32.0 cm³/mol. The average Bonchev–Trinajstić information content (AvgIpc) is 1.41. The Balaban J connectivity index is -0.0000000800. The summed E-state index contributed by atoms with van der Waals surface area (Å²) in [5, 5.41) is 0. The van der Waals surface area contributed by atoms with Gasteiger partial charge in [-0.3, -0.25) is 0 Å². The first-order chi connectivity index (χ1) is 2.41. The van der Waals surface area contributed by atoms with Gasteiger partial charge in [0.15, 0.2) is 0 Å². The van der Waals surface area contributed by atoms with Crippen molar-refractivity contribution in [1.29, 1.82) is 0 Å². The molecule has 0 N–H and O–H groups in total. The van der Waals surface area contributed by atoms with Crippen LogP contribution in [0.5, 0.6) is 0 Å². The topological polar surface area (TPSA) is 0 Å². The molecule has 0 saturated heterocycles. The molecule has 2 heteroatoms. The van der Waals surface area contributed by atoms with Crippen molar-refractivity contribution < 1.29 is 19.5 Å². The zero-order valence-corrected chi connectivity index (χ0v) is 8.30. The molecular formula is C5H10ClZn-. The molecule has 0 aromatic carbocycles. The maximum atomic E-state index is 3.60. The van der Waals surface area contributed by atoms with Crippen LogP contribution in [0.4, 0.5) is 0 Å². The second-order valence-electron chi connectivity index (χ2n) is 0.931. The van der Waals surface area contributed by atoms with Gasteiger partial charge in [-0.2, -0.15) is 6.42 Å². The van der Waals surface area contributed by atoms with Gasteiger partial charge in [0.1, 0.15) is 0 Å². The molecule has 0 aromatic rings. The Bertz CT molecular complexity index is 29.3. The molecule has 0 unspecified atom stereocenters. The maximum Gasteiger partial charge on any atom is 0 e. The van der Waals surface area contributed by atoms with Crippen LogP contribution in [-0.4, -0.2) is 0 Å². The fourth-order valence-electron chi connectivity index (χ4n) is 0.144. The number of halogens is 1. The van der Waals surface area contributed by atoms with Crippen molar-refractivity contribution in [3.8, 4) is 0 Å². The van der Waals surface area contributed by atoms with Gasteiger partial charge in [-0.05, 0) is 0 Å². The molecule has 0 aliphatic heterocycles. The minimum atomic E-state index is 0. The van der Waals surface area contributed by atoms with Gasteiger partial charge < -0.3 is 6.92 Å². The summed E-state index contributed by atoms with van der Waals surface area (Å²) >= 11 is 0. The Morgan fingerprint density at radius 3 is 2.00 bits per heavy atom. The van der Waals surface area contributed by atoms with Crippen LogP contribution in [0.15, 0.2) is 12.7 Å². The zero-order valence-electron chi connectivity index (χ0n) is 4.52. The van der Waals surface area contributed by atoms with Crippen LogP contribution in [0.1, 0.15) is 12.8 Å². The van der Waals surface area contributed by atoms with Crippen molar-refractivity contribution in [3.63, 3.8) is 0 Å². The standard InChI is InChI=1S/C5H9.ClH.Zn/c1-3-5-4-2;;/h3H,1-2,4-5H2;1H;/q-1;;. The monoisotopic (exact) mass is 169 g/mol. The molecule has 0 heterocycles. The van der Waals surface area contributed by atoms with E-state index in [9.17, 15) is 0 Å². The van der Waals surface area contributed by atoms with Gasteiger partial charge in [0, 0.05) is 19.5 Å². The molecule has 0 spiro atoms. The first kappa shape index (κ1) is 15.6. The minimum absolute atomic E-state index is 0. The molecule has 0 fully saturated rings. The van der Waals surface area contributed by atoms with Crippen LogP contribution >= 0.6 is 12.4 Å². The van der Waals surface area contributed by atoms with Crippen molar-refractivity contribution >= 4 is 12.4 Å². The number of unbranched alkanes of at least 4 members (excludes halogenated alkanes) is 1. The van der Waals surface area contributed by atoms with E-state index in [2.05, 4.69) is 13.5 Å². The summed E-state index contributed by atoms with van der Waals surface area (Å²) in [4.78, 5) is 0. The van der Waals surface area contributed by atoms with Crippen molar-refractivity contribution in [2.24, 2.45) is 0 Å². The summed E-state index contributed by atoms with van der Waals surface area (Å²) in [6.45, 7) is 7.11. The molecule has 0 saturated carbocycles. The van der Waals surface area contributed by atoms with E-state index in [1.807, 2.05) is 6.08 Å². The molecule has 0 rings (SSSR count). The second kappa shape index (κ2) is 15.9. The van der Waals surface area contributed by atoms with Crippen LogP contribution < -0.4 is 0 Å². The Kier molecular flexibility index (Phi) is 35.6. The third-order valence-electron chi connectivity index (χ3n) is 0.408. The second-order valence-corrected chi connectivity index (χ2v) is 0.931. The van der Waals surface area contributed by atoms with E-state index in [0.29, 0.717) is 0 Å². The van der Waals surface area contributed by atoms with Gasteiger partial charge in [0.25, 0.3) is 0 Å². The van der Waals surface area contributed by atoms with Gasteiger partial charge in [-0.25, -0.2) is 0 Å². The van der Waals surface area contributed by atoms with Gasteiger partial charge in [-0.1, -0.05) is 12.5 Å².